The Balaban J connectivity index is 1.62. The van der Waals surface area contributed by atoms with Crippen LogP contribution in [-0.4, -0.2) is 34.2 Å². The number of carbonyl (C=O) groups is 2. The molecule has 0 atom stereocenters. The summed E-state index contributed by atoms with van der Waals surface area (Å²) in [6.07, 6.45) is 2.74. The van der Waals surface area contributed by atoms with Crippen molar-refractivity contribution in [1.29, 1.82) is 0 Å². The van der Waals surface area contributed by atoms with Crippen LogP contribution in [0.5, 0.6) is 5.75 Å². The highest BCUT2D eigenvalue weighted by atomic mass is 32.2. The summed E-state index contributed by atoms with van der Waals surface area (Å²) in [5, 5.41) is 5.69. The zero-order valence-electron chi connectivity index (χ0n) is 16.4. The second-order valence-electron chi connectivity index (χ2n) is 6.15. The van der Waals surface area contributed by atoms with Crippen molar-refractivity contribution in [3.8, 4) is 5.75 Å². The third kappa shape index (κ3) is 5.29. The minimum absolute atomic E-state index is 0.0658. The first-order chi connectivity index (χ1) is 14.5. The van der Waals surface area contributed by atoms with Crippen molar-refractivity contribution >= 4 is 29.3 Å². The van der Waals surface area contributed by atoms with E-state index in [9.17, 15) is 14.4 Å². The highest BCUT2D eigenvalue weighted by Gasteiger charge is 2.16. The minimum atomic E-state index is -0.580. The SMILES string of the molecule is COc1cccc(NC(=O)c2cnc(SCC(=O)NCc3ccco3)n(C)c2=O)c1. The molecular weight excluding hydrogens is 408 g/mol. The lowest BCUT2D eigenvalue weighted by Gasteiger charge is -2.10. The summed E-state index contributed by atoms with van der Waals surface area (Å²) in [5.41, 5.74) is -0.121. The van der Waals surface area contributed by atoms with Crippen molar-refractivity contribution in [2.75, 3.05) is 18.2 Å². The summed E-state index contributed by atoms with van der Waals surface area (Å²) in [6.45, 7) is 0.280. The fraction of sp³-hybridized carbons (Fsp3) is 0.200. The number of furan rings is 1. The minimum Gasteiger partial charge on any atom is -0.497 e. The number of rotatable bonds is 8. The van der Waals surface area contributed by atoms with E-state index in [2.05, 4.69) is 15.6 Å². The maximum atomic E-state index is 12.6. The highest BCUT2D eigenvalue weighted by molar-refractivity contribution is 7.99. The number of methoxy groups -OCH3 is 1. The number of hydrogen-bond acceptors (Lipinski definition) is 7. The van der Waals surface area contributed by atoms with Crippen molar-refractivity contribution in [3.63, 3.8) is 0 Å². The number of thioether (sulfide) groups is 1. The molecule has 0 spiro atoms. The molecule has 30 heavy (non-hydrogen) atoms. The Morgan fingerprint density at radius 1 is 1.27 bits per heavy atom. The second kappa shape index (κ2) is 9.79. The molecule has 0 aliphatic carbocycles. The van der Waals surface area contributed by atoms with Gasteiger partial charge in [-0.3, -0.25) is 19.0 Å². The number of carbonyl (C=O) groups excluding carboxylic acids is 2. The van der Waals surface area contributed by atoms with Crippen LogP contribution < -0.4 is 20.9 Å². The normalized spacial score (nSPS) is 10.5. The monoisotopic (exact) mass is 428 g/mol. The predicted octanol–water partition coefficient (Wildman–Crippen LogP) is 2.04. The van der Waals surface area contributed by atoms with E-state index in [1.807, 2.05) is 0 Å². The number of benzene rings is 1. The standard InChI is InChI=1S/C20H20N4O5S/c1-24-19(27)16(18(26)23-13-5-3-6-14(9-13)28-2)11-22-20(24)30-12-17(25)21-10-15-7-4-8-29-15/h3-9,11H,10,12H2,1-2H3,(H,21,25)(H,23,26). The zero-order valence-corrected chi connectivity index (χ0v) is 17.2. The van der Waals surface area contributed by atoms with E-state index in [-0.39, 0.29) is 23.8 Å². The maximum Gasteiger partial charge on any atom is 0.266 e. The number of ether oxygens (including phenoxy) is 1. The van der Waals surface area contributed by atoms with E-state index < -0.39 is 11.5 Å². The van der Waals surface area contributed by atoms with Gasteiger partial charge in [0.05, 0.1) is 25.7 Å². The van der Waals surface area contributed by atoms with Crippen LogP contribution in [0.2, 0.25) is 0 Å². The van der Waals surface area contributed by atoms with Crippen LogP contribution in [0.4, 0.5) is 5.69 Å². The van der Waals surface area contributed by atoms with Gasteiger partial charge in [-0.1, -0.05) is 17.8 Å². The molecule has 0 saturated heterocycles. The number of hydrogen-bond donors (Lipinski definition) is 2. The lowest BCUT2D eigenvalue weighted by atomic mass is 10.2. The molecule has 3 aromatic rings. The average molecular weight is 428 g/mol. The van der Waals surface area contributed by atoms with Gasteiger partial charge in [0.15, 0.2) is 5.16 Å². The van der Waals surface area contributed by atoms with Crippen LogP contribution in [0.3, 0.4) is 0 Å². The molecule has 9 nitrogen and oxygen atoms in total. The van der Waals surface area contributed by atoms with Crippen LogP contribution in [0, 0.1) is 0 Å². The largest absolute Gasteiger partial charge is 0.497 e. The molecule has 2 aromatic heterocycles. The van der Waals surface area contributed by atoms with E-state index in [1.54, 1.807) is 36.4 Å². The first-order valence-corrected chi connectivity index (χ1v) is 9.90. The van der Waals surface area contributed by atoms with Crippen molar-refractivity contribution in [2.45, 2.75) is 11.7 Å². The lowest BCUT2D eigenvalue weighted by molar-refractivity contribution is -0.118. The predicted molar refractivity (Wildman–Crippen MR) is 112 cm³/mol. The van der Waals surface area contributed by atoms with Crippen molar-refractivity contribution in [2.24, 2.45) is 7.05 Å². The molecule has 0 radical (unpaired) electrons. The molecule has 2 amide bonds. The third-order valence-corrected chi connectivity index (χ3v) is 5.11. The molecule has 0 fully saturated rings. The molecule has 10 heteroatoms. The van der Waals surface area contributed by atoms with Crippen molar-refractivity contribution in [3.05, 3.63) is 70.5 Å². The van der Waals surface area contributed by atoms with Crippen LogP contribution in [0.1, 0.15) is 16.1 Å². The Bertz CT molecular complexity index is 1090. The molecule has 0 aliphatic heterocycles. The van der Waals surface area contributed by atoms with Gasteiger partial charge in [0.1, 0.15) is 17.1 Å². The van der Waals surface area contributed by atoms with E-state index in [1.165, 1.54) is 31.2 Å². The Morgan fingerprint density at radius 3 is 2.83 bits per heavy atom. The first-order valence-electron chi connectivity index (χ1n) is 8.91. The zero-order chi connectivity index (χ0) is 21.5. The average Bonchev–Trinajstić information content (AvgIpc) is 3.27. The van der Waals surface area contributed by atoms with E-state index >= 15 is 0 Å². The fourth-order valence-corrected chi connectivity index (χ4v) is 3.26. The van der Waals surface area contributed by atoms with Crippen LogP contribution in [0.25, 0.3) is 0 Å². The van der Waals surface area contributed by atoms with E-state index in [4.69, 9.17) is 9.15 Å². The summed E-state index contributed by atoms with van der Waals surface area (Å²) >= 11 is 1.10. The van der Waals surface area contributed by atoms with Gasteiger partial charge in [0, 0.05) is 25.0 Å². The Hall–Kier alpha value is -3.53. The summed E-state index contributed by atoms with van der Waals surface area (Å²) in [7, 11) is 3.02. The number of nitrogens with one attached hydrogen (secondary N) is 2. The lowest BCUT2D eigenvalue weighted by Crippen LogP contribution is -2.30. The van der Waals surface area contributed by atoms with Gasteiger partial charge in [0.2, 0.25) is 5.91 Å². The molecule has 0 bridgehead atoms. The van der Waals surface area contributed by atoms with Gasteiger partial charge in [0.25, 0.3) is 11.5 Å². The summed E-state index contributed by atoms with van der Waals surface area (Å²) in [5.74, 6) is 0.479. The van der Waals surface area contributed by atoms with Gasteiger partial charge < -0.3 is 19.8 Å². The van der Waals surface area contributed by atoms with Gasteiger partial charge in [-0.15, -0.1) is 0 Å². The number of anilines is 1. The Morgan fingerprint density at radius 2 is 2.10 bits per heavy atom. The molecular formula is C20H20N4O5S. The van der Waals surface area contributed by atoms with Gasteiger partial charge in [-0.2, -0.15) is 0 Å². The summed E-state index contributed by atoms with van der Waals surface area (Å²) < 4.78 is 11.5. The van der Waals surface area contributed by atoms with Gasteiger partial charge >= 0.3 is 0 Å². The molecule has 3 rings (SSSR count). The molecule has 156 valence electrons. The topological polar surface area (TPSA) is 115 Å². The highest BCUT2D eigenvalue weighted by Crippen LogP contribution is 2.17. The van der Waals surface area contributed by atoms with Crippen LogP contribution >= 0.6 is 11.8 Å². The quantitative estimate of drug-likeness (QED) is 0.417. The molecule has 0 unspecified atom stereocenters. The Labute approximate surface area is 176 Å². The third-order valence-electron chi connectivity index (χ3n) is 4.07. The fourth-order valence-electron chi connectivity index (χ4n) is 2.50. The summed E-state index contributed by atoms with van der Waals surface area (Å²) in [4.78, 5) is 41.2. The van der Waals surface area contributed by atoms with Gasteiger partial charge in [-0.05, 0) is 24.3 Å². The van der Waals surface area contributed by atoms with Gasteiger partial charge in [-0.25, -0.2) is 4.98 Å². The number of aromatic nitrogens is 2. The van der Waals surface area contributed by atoms with E-state index in [0.717, 1.165) is 11.8 Å². The number of nitrogens with zero attached hydrogens (tertiary/aromatic N) is 2. The Kier molecular flexibility index (Phi) is 6.91. The van der Waals surface area contributed by atoms with Crippen molar-refractivity contribution in [1.82, 2.24) is 14.9 Å². The smallest absolute Gasteiger partial charge is 0.266 e. The molecule has 1 aromatic carbocycles. The number of amides is 2. The molecule has 0 aliphatic rings. The second-order valence-corrected chi connectivity index (χ2v) is 7.09. The van der Waals surface area contributed by atoms with E-state index in [0.29, 0.717) is 22.4 Å². The first kappa shape index (κ1) is 21.2. The van der Waals surface area contributed by atoms with Crippen molar-refractivity contribution < 1.29 is 18.7 Å². The van der Waals surface area contributed by atoms with Crippen LogP contribution in [0.15, 0.2) is 63.2 Å². The van der Waals surface area contributed by atoms with Crippen LogP contribution in [-0.2, 0) is 18.4 Å². The molecule has 2 N–H and O–H groups in total. The maximum absolute atomic E-state index is 12.6. The molecule has 0 saturated carbocycles. The summed E-state index contributed by atoms with van der Waals surface area (Å²) in [6, 6.07) is 10.3. The molecule has 2 heterocycles.